The summed E-state index contributed by atoms with van der Waals surface area (Å²) in [5, 5.41) is 13.1. The van der Waals surface area contributed by atoms with Crippen molar-refractivity contribution >= 4 is 21.5 Å². The lowest BCUT2D eigenvalue weighted by atomic mass is 10.1. The Kier molecular flexibility index (Phi) is 2.56. The smallest absolute Gasteiger partial charge is 0.335 e. The van der Waals surface area contributed by atoms with E-state index in [1.54, 1.807) is 0 Å². The number of carboxylic acid groups (broad SMARTS) is 1. The second-order valence-corrected chi connectivity index (χ2v) is 6.82. The zero-order chi connectivity index (χ0) is 13.6. The minimum Gasteiger partial charge on any atom is -0.478 e. The fourth-order valence-electron chi connectivity index (χ4n) is 2.20. The summed E-state index contributed by atoms with van der Waals surface area (Å²) in [6.07, 6.45) is 2.03. The Morgan fingerprint density at radius 3 is 2.89 bits per heavy atom. The number of aromatic nitrogens is 3. The van der Waals surface area contributed by atoms with Crippen LogP contribution in [0.2, 0.25) is 0 Å². The topological polar surface area (TPSA) is 102 Å². The van der Waals surface area contributed by atoms with E-state index in [0.717, 1.165) is 0 Å². The number of hydrogen-bond donors (Lipinski definition) is 1. The molecule has 1 aliphatic rings. The third-order valence-electron chi connectivity index (χ3n) is 3.20. The highest BCUT2D eigenvalue weighted by molar-refractivity contribution is 7.91. The second-order valence-electron chi connectivity index (χ2n) is 4.59. The molecule has 1 aliphatic heterocycles. The zero-order valence-corrected chi connectivity index (χ0v) is 10.7. The molecule has 19 heavy (non-hydrogen) atoms. The van der Waals surface area contributed by atoms with Gasteiger partial charge in [-0.1, -0.05) is 0 Å². The predicted molar refractivity (Wildman–Crippen MR) is 66.0 cm³/mol. The van der Waals surface area contributed by atoms with E-state index in [-0.39, 0.29) is 23.0 Å². The van der Waals surface area contributed by atoms with Gasteiger partial charge in [0.15, 0.2) is 21.3 Å². The van der Waals surface area contributed by atoms with E-state index in [1.807, 2.05) is 0 Å². The molecule has 3 rings (SSSR count). The molecular formula is C11H11N3O4S. The quantitative estimate of drug-likeness (QED) is 0.851. The van der Waals surface area contributed by atoms with Crippen LogP contribution in [0.3, 0.4) is 0 Å². The fraction of sp³-hybridized carbons (Fsp3) is 0.364. The molecule has 7 nitrogen and oxygen atoms in total. The van der Waals surface area contributed by atoms with E-state index in [0.29, 0.717) is 17.9 Å². The summed E-state index contributed by atoms with van der Waals surface area (Å²) in [5.41, 5.74) is 0.546. The Morgan fingerprint density at radius 1 is 1.47 bits per heavy atom. The van der Waals surface area contributed by atoms with Crippen LogP contribution in [0.1, 0.15) is 28.5 Å². The number of carboxylic acids is 1. The highest BCUT2D eigenvalue weighted by Crippen LogP contribution is 2.26. The highest BCUT2D eigenvalue weighted by atomic mass is 32.2. The van der Waals surface area contributed by atoms with Crippen LogP contribution in [-0.4, -0.2) is 45.6 Å². The number of pyridine rings is 1. The second kappa shape index (κ2) is 4.02. The molecule has 100 valence electrons. The molecule has 1 fully saturated rings. The van der Waals surface area contributed by atoms with Crippen LogP contribution >= 0.6 is 0 Å². The molecular weight excluding hydrogens is 270 g/mol. The minimum absolute atomic E-state index is 0.0651. The summed E-state index contributed by atoms with van der Waals surface area (Å²) in [6.45, 7) is 0. The lowest BCUT2D eigenvalue weighted by molar-refractivity contribution is 0.0697. The van der Waals surface area contributed by atoms with Crippen LogP contribution in [0, 0.1) is 0 Å². The van der Waals surface area contributed by atoms with E-state index in [1.165, 1.54) is 22.8 Å². The van der Waals surface area contributed by atoms with E-state index in [4.69, 9.17) is 5.11 Å². The van der Waals surface area contributed by atoms with Gasteiger partial charge >= 0.3 is 5.97 Å². The van der Waals surface area contributed by atoms with Gasteiger partial charge in [-0.25, -0.2) is 22.7 Å². The van der Waals surface area contributed by atoms with Gasteiger partial charge in [-0.2, -0.15) is 5.10 Å². The van der Waals surface area contributed by atoms with Crippen LogP contribution in [-0.2, 0) is 9.84 Å². The fourth-order valence-corrected chi connectivity index (χ4v) is 3.94. The van der Waals surface area contributed by atoms with Gasteiger partial charge in [0.05, 0.1) is 17.1 Å². The first-order valence-electron chi connectivity index (χ1n) is 5.75. The molecule has 0 aliphatic carbocycles. The van der Waals surface area contributed by atoms with Crippen molar-refractivity contribution in [3.8, 4) is 0 Å². The lowest BCUT2D eigenvalue weighted by Crippen LogP contribution is -2.05. The molecule has 0 amide bonds. The first-order valence-corrected chi connectivity index (χ1v) is 7.57. The van der Waals surface area contributed by atoms with Crippen LogP contribution in [0.25, 0.3) is 5.65 Å². The first kappa shape index (κ1) is 12.1. The van der Waals surface area contributed by atoms with Crippen molar-refractivity contribution in [2.24, 2.45) is 0 Å². The maximum absolute atomic E-state index is 11.4. The van der Waals surface area contributed by atoms with Crippen molar-refractivity contribution < 1.29 is 18.3 Å². The summed E-state index contributed by atoms with van der Waals surface area (Å²) in [7, 11) is -2.99. The van der Waals surface area contributed by atoms with Gasteiger partial charge in [0.2, 0.25) is 0 Å². The molecule has 8 heteroatoms. The Balaban J connectivity index is 2.00. The van der Waals surface area contributed by atoms with Gasteiger partial charge in [-0.3, -0.25) is 0 Å². The van der Waals surface area contributed by atoms with Crippen molar-refractivity contribution in [2.75, 3.05) is 11.5 Å². The van der Waals surface area contributed by atoms with Gasteiger partial charge in [-0.05, 0) is 18.6 Å². The highest BCUT2D eigenvalue weighted by Gasteiger charge is 2.31. The number of aromatic carboxylic acids is 1. The maximum Gasteiger partial charge on any atom is 0.335 e. The summed E-state index contributed by atoms with van der Waals surface area (Å²) in [5.74, 6) is -0.541. The van der Waals surface area contributed by atoms with Gasteiger partial charge in [-0.15, -0.1) is 0 Å². The molecule has 0 saturated carbocycles. The van der Waals surface area contributed by atoms with E-state index < -0.39 is 15.8 Å². The number of carbonyl (C=O) groups is 1. The largest absolute Gasteiger partial charge is 0.478 e. The maximum atomic E-state index is 11.4. The van der Waals surface area contributed by atoms with Crippen molar-refractivity contribution in [2.45, 2.75) is 12.3 Å². The van der Waals surface area contributed by atoms with Crippen LogP contribution in [0.5, 0.6) is 0 Å². The number of hydrogen-bond acceptors (Lipinski definition) is 5. The minimum atomic E-state index is -2.99. The first-order chi connectivity index (χ1) is 8.94. The van der Waals surface area contributed by atoms with E-state index in [9.17, 15) is 13.2 Å². The Bertz CT molecular complexity index is 765. The molecule has 3 heterocycles. The van der Waals surface area contributed by atoms with Crippen molar-refractivity contribution in [3.05, 3.63) is 29.7 Å². The average Bonchev–Trinajstić information content (AvgIpc) is 2.90. The third kappa shape index (κ3) is 2.19. The molecule has 1 N–H and O–H groups in total. The van der Waals surface area contributed by atoms with Gasteiger partial charge < -0.3 is 5.11 Å². The van der Waals surface area contributed by atoms with E-state index >= 15 is 0 Å². The van der Waals surface area contributed by atoms with E-state index in [2.05, 4.69) is 10.1 Å². The van der Waals surface area contributed by atoms with Crippen LogP contribution < -0.4 is 0 Å². The number of rotatable bonds is 2. The summed E-state index contributed by atoms with van der Waals surface area (Å²) >= 11 is 0. The van der Waals surface area contributed by atoms with Gasteiger partial charge in [0.1, 0.15) is 0 Å². The molecule has 0 aromatic carbocycles. The van der Waals surface area contributed by atoms with Crippen molar-refractivity contribution in [1.82, 2.24) is 14.6 Å². The zero-order valence-electron chi connectivity index (χ0n) is 9.85. The lowest BCUT2D eigenvalue weighted by Gasteiger charge is -1.98. The Morgan fingerprint density at radius 2 is 2.26 bits per heavy atom. The summed E-state index contributed by atoms with van der Waals surface area (Å²) in [4.78, 5) is 15.1. The molecule has 0 bridgehead atoms. The van der Waals surface area contributed by atoms with Crippen LogP contribution in [0.15, 0.2) is 18.3 Å². The number of nitrogens with zero attached hydrogens (tertiary/aromatic N) is 3. The molecule has 1 atom stereocenters. The Hall–Kier alpha value is -1.96. The van der Waals surface area contributed by atoms with Gasteiger partial charge in [0.25, 0.3) is 0 Å². The molecule has 0 radical (unpaired) electrons. The molecule has 1 saturated heterocycles. The molecule has 2 aromatic rings. The molecule has 2 aromatic heterocycles. The normalized spacial score (nSPS) is 21.8. The van der Waals surface area contributed by atoms with Crippen LogP contribution in [0.4, 0.5) is 0 Å². The Labute approximate surface area is 108 Å². The standard InChI is InChI=1S/C11H11N3O4S/c15-11(16)7-1-3-14-9(5-7)12-10(13-14)8-2-4-19(17,18)6-8/h1,3,5,8H,2,4,6H2,(H,15,16). The monoisotopic (exact) mass is 281 g/mol. The molecule has 1 unspecified atom stereocenters. The van der Waals surface area contributed by atoms with Crippen molar-refractivity contribution in [3.63, 3.8) is 0 Å². The predicted octanol–water partition coefficient (Wildman–Crippen LogP) is 0.330. The average molecular weight is 281 g/mol. The third-order valence-corrected chi connectivity index (χ3v) is 4.97. The summed E-state index contributed by atoms with van der Waals surface area (Å²) < 4.78 is 24.3. The number of fused-ring (bicyclic) bond motifs is 1. The SMILES string of the molecule is O=C(O)c1ccn2nc(C3CCS(=O)(=O)C3)nc2c1. The van der Waals surface area contributed by atoms with Gasteiger partial charge in [0, 0.05) is 12.1 Å². The number of sulfone groups is 1. The van der Waals surface area contributed by atoms with Crippen molar-refractivity contribution in [1.29, 1.82) is 0 Å². The summed E-state index contributed by atoms with van der Waals surface area (Å²) in [6, 6.07) is 2.85. The molecule has 0 spiro atoms.